The van der Waals surface area contributed by atoms with Crippen molar-refractivity contribution in [3.8, 4) is 11.5 Å². The first-order valence-electron chi connectivity index (χ1n) is 9.24. The van der Waals surface area contributed by atoms with Crippen LogP contribution in [0.1, 0.15) is 17.5 Å². The number of carbonyl (C=O) groups is 1. The Morgan fingerprint density at radius 2 is 2.04 bits per heavy atom. The SMILES string of the molecule is Cc1ccccc1OCCNCC(O)COc1ccc2c(c1)NC(=O)CC2. The van der Waals surface area contributed by atoms with Crippen molar-refractivity contribution in [2.45, 2.75) is 25.9 Å². The summed E-state index contributed by atoms with van der Waals surface area (Å²) < 4.78 is 11.3. The zero-order valence-corrected chi connectivity index (χ0v) is 15.5. The van der Waals surface area contributed by atoms with Crippen LogP contribution in [-0.2, 0) is 11.2 Å². The zero-order chi connectivity index (χ0) is 19.1. The van der Waals surface area contributed by atoms with E-state index in [-0.39, 0.29) is 12.5 Å². The number of para-hydroxylation sites is 1. The maximum atomic E-state index is 11.5. The van der Waals surface area contributed by atoms with Crippen molar-refractivity contribution in [2.75, 3.05) is 31.6 Å². The molecule has 0 aromatic heterocycles. The highest BCUT2D eigenvalue weighted by atomic mass is 16.5. The van der Waals surface area contributed by atoms with Crippen molar-refractivity contribution in [1.29, 1.82) is 0 Å². The maximum absolute atomic E-state index is 11.5. The largest absolute Gasteiger partial charge is 0.492 e. The number of aryl methyl sites for hydroxylation is 2. The molecule has 0 saturated carbocycles. The second-order valence-corrected chi connectivity index (χ2v) is 6.65. The van der Waals surface area contributed by atoms with Crippen LogP contribution in [0.25, 0.3) is 0 Å². The molecule has 1 unspecified atom stereocenters. The molecule has 27 heavy (non-hydrogen) atoms. The molecular formula is C21H26N2O4. The lowest BCUT2D eigenvalue weighted by Gasteiger charge is -2.18. The van der Waals surface area contributed by atoms with Gasteiger partial charge in [0.1, 0.15) is 30.8 Å². The highest BCUT2D eigenvalue weighted by Gasteiger charge is 2.15. The van der Waals surface area contributed by atoms with Crippen LogP contribution in [0, 0.1) is 6.92 Å². The highest BCUT2D eigenvalue weighted by molar-refractivity contribution is 5.94. The summed E-state index contributed by atoms with van der Waals surface area (Å²) in [5, 5.41) is 16.1. The van der Waals surface area contributed by atoms with Gasteiger partial charge in [0.05, 0.1) is 0 Å². The average molecular weight is 370 g/mol. The first kappa shape index (κ1) is 19.2. The molecule has 3 rings (SSSR count). The summed E-state index contributed by atoms with van der Waals surface area (Å²) >= 11 is 0. The van der Waals surface area contributed by atoms with Gasteiger partial charge >= 0.3 is 0 Å². The number of aliphatic hydroxyl groups is 1. The molecule has 1 aliphatic rings. The Hall–Kier alpha value is -2.57. The van der Waals surface area contributed by atoms with Crippen LogP contribution in [-0.4, -0.2) is 43.4 Å². The Balaban J connectivity index is 1.34. The predicted octanol–water partition coefficient (Wildman–Crippen LogP) is 2.29. The summed E-state index contributed by atoms with van der Waals surface area (Å²) in [6.07, 6.45) is 0.637. The molecule has 2 aromatic carbocycles. The van der Waals surface area contributed by atoms with E-state index in [4.69, 9.17) is 9.47 Å². The van der Waals surface area contributed by atoms with Crippen LogP contribution in [0.4, 0.5) is 5.69 Å². The van der Waals surface area contributed by atoms with Gasteiger partial charge in [0.15, 0.2) is 0 Å². The number of hydrogen-bond acceptors (Lipinski definition) is 5. The molecule has 3 N–H and O–H groups in total. The van der Waals surface area contributed by atoms with E-state index in [9.17, 15) is 9.90 Å². The third kappa shape index (κ3) is 5.70. The van der Waals surface area contributed by atoms with E-state index in [1.165, 1.54) is 0 Å². The molecule has 2 aromatic rings. The number of amides is 1. The minimum Gasteiger partial charge on any atom is -0.492 e. The van der Waals surface area contributed by atoms with Crippen molar-refractivity contribution < 1.29 is 19.4 Å². The Morgan fingerprint density at radius 3 is 2.89 bits per heavy atom. The summed E-state index contributed by atoms with van der Waals surface area (Å²) in [5.74, 6) is 1.54. The second kappa shape index (κ2) is 9.39. The van der Waals surface area contributed by atoms with Crippen LogP contribution < -0.4 is 20.1 Å². The van der Waals surface area contributed by atoms with E-state index in [1.807, 2.05) is 49.4 Å². The maximum Gasteiger partial charge on any atom is 0.224 e. The second-order valence-electron chi connectivity index (χ2n) is 6.65. The molecule has 1 heterocycles. The molecule has 1 amide bonds. The summed E-state index contributed by atoms with van der Waals surface area (Å²) in [6.45, 7) is 3.77. The third-order valence-electron chi connectivity index (χ3n) is 4.43. The van der Waals surface area contributed by atoms with E-state index in [0.717, 1.165) is 29.0 Å². The Morgan fingerprint density at radius 1 is 1.19 bits per heavy atom. The van der Waals surface area contributed by atoms with Crippen molar-refractivity contribution >= 4 is 11.6 Å². The fraction of sp³-hybridized carbons (Fsp3) is 0.381. The van der Waals surface area contributed by atoms with E-state index in [2.05, 4.69) is 10.6 Å². The molecule has 144 valence electrons. The fourth-order valence-corrected chi connectivity index (χ4v) is 2.91. The molecule has 6 nitrogen and oxygen atoms in total. The van der Waals surface area contributed by atoms with Crippen molar-refractivity contribution in [2.24, 2.45) is 0 Å². The lowest BCUT2D eigenvalue weighted by atomic mass is 10.0. The normalized spacial score (nSPS) is 14.2. The summed E-state index contributed by atoms with van der Waals surface area (Å²) in [7, 11) is 0. The number of hydrogen-bond donors (Lipinski definition) is 3. The summed E-state index contributed by atoms with van der Waals surface area (Å²) in [4.78, 5) is 11.5. The Labute approximate surface area is 159 Å². The van der Waals surface area contributed by atoms with Gasteiger partial charge in [-0.2, -0.15) is 0 Å². The average Bonchev–Trinajstić information content (AvgIpc) is 2.67. The minimum absolute atomic E-state index is 0.0248. The smallest absolute Gasteiger partial charge is 0.224 e. The lowest BCUT2D eigenvalue weighted by molar-refractivity contribution is -0.116. The van der Waals surface area contributed by atoms with Gasteiger partial charge in [0.2, 0.25) is 5.91 Å². The molecule has 6 heteroatoms. The number of ether oxygens (including phenoxy) is 2. The molecule has 0 aliphatic carbocycles. The Kier molecular flexibility index (Phi) is 6.68. The monoisotopic (exact) mass is 370 g/mol. The number of benzene rings is 2. The number of carbonyl (C=O) groups excluding carboxylic acids is 1. The van der Waals surface area contributed by atoms with E-state index in [1.54, 1.807) is 0 Å². The van der Waals surface area contributed by atoms with Gasteiger partial charge in [-0.15, -0.1) is 0 Å². The molecule has 0 spiro atoms. The van der Waals surface area contributed by atoms with Gasteiger partial charge in [-0.25, -0.2) is 0 Å². The standard InChI is InChI=1S/C21H26N2O4/c1-15-4-2-3-5-20(15)26-11-10-22-13-17(24)14-27-18-8-6-16-7-9-21(25)23-19(16)12-18/h2-6,8,12,17,22,24H,7,9-11,13-14H2,1H3,(H,23,25). The van der Waals surface area contributed by atoms with Gasteiger partial charge in [-0.3, -0.25) is 4.79 Å². The topological polar surface area (TPSA) is 79.8 Å². The van der Waals surface area contributed by atoms with Crippen molar-refractivity contribution in [3.63, 3.8) is 0 Å². The van der Waals surface area contributed by atoms with Crippen LogP contribution >= 0.6 is 0 Å². The molecular weight excluding hydrogens is 344 g/mol. The molecule has 1 atom stereocenters. The fourth-order valence-electron chi connectivity index (χ4n) is 2.91. The number of rotatable bonds is 9. The first-order valence-corrected chi connectivity index (χ1v) is 9.24. The third-order valence-corrected chi connectivity index (χ3v) is 4.43. The van der Waals surface area contributed by atoms with Crippen molar-refractivity contribution in [3.05, 3.63) is 53.6 Å². The van der Waals surface area contributed by atoms with E-state index in [0.29, 0.717) is 31.9 Å². The van der Waals surface area contributed by atoms with Gasteiger partial charge < -0.3 is 25.2 Å². The number of fused-ring (bicyclic) bond motifs is 1. The van der Waals surface area contributed by atoms with Gasteiger partial charge in [0, 0.05) is 31.3 Å². The summed E-state index contributed by atoms with van der Waals surface area (Å²) in [5.41, 5.74) is 3.01. The van der Waals surface area contributed by atoms with Gasteiger partial charge in [-0.05, 0) is 36.6 Å². The van der Waals surface area contributed by atoms with Crippen LogP contribution in [0.2, 0.25) is 0 Å². The molecule has 1 aliphatic heterocycles. The molecule has 0 fully saturated rings. The number of nitrogens with one attached hydrogen (secondary N) is 2. The number of anilines is 1. The van der Waals surface area contributed by atoms with Crippen LogP contribution in [0.3, 0.4) is 0 Å². The van der Waals surface area contributed by atoms with Gasteiger partial charge in [-0.1, -0.05) is 24.3 Å². The van der Waals surface area contributed by atoms with Crippen LogP contribution in [0.5, 0.6) is 11.5 Å². The first-order chi connectivity index (χ1) is 13.1. The zero-order valence-electron chi connectivity index (χ0n) is 15.5. The predicted molar refractivity (Wildman–Crippen MR) is 104 cm³/mol. The quantitative estimate of drug-likeness (QED) is 0.590. The van der Waals surface area contributed by atoms with Crippen molar-refractivity contribution in [1.82, 2.24) is 5.32 Å². The van der Waals surface area contributed by atoms with E-state index < -0.39 is 6.10 Å². The minimum atomic E-state index is -0.630. The highest BCUT2D eigenvalue weighted by Crippen LogP contribution is 2.27. The van der Waals surface area contributed by atoms with Gasteiger partial charge in [0.25, 0.3) is 0 Å². The Bertz CT molecular complexity index is 779. The lowest BCUT2D eigenvalue weighted by Crippen LogP contribution is -2.33. The van der Waals surface area contributed by atoms with E-state index >= 15 is 0 Å². The molecule has 0 bridgehead atoms. The molecule has 0 saturated heterocycles. The summed E-state index contributed by atoms with van der Waals surface area (Å²) in [6, 6.07) is 13.5. The number of aliphatic hydroxyl groups excluding tert-OH is 1. The molecule has 0 radical (unpaired) electrons. The van der Waals surface area contributed by atoms with Crippen LogP contribution in [0.15, 0.2) is 42.5 Å².